The predicted molar refractivity (Wildman–Crippen MR) is 82.4 cm³/mol. The van der Waals surface area contributed by atoms with Gasteiger partial charge in [0.15, 0.2) is 5.78 Å². The van der Waals surface area contributed by atoms with E-state index in [9.17, 15) is 14.4 Å². The maximum absolute atomic E-state index is 12.4. The van der Waals surface area contributed by atoms with Crippen molar-refractivity contribution in [1.29, 1.82) is 0 Å². The number of para-hydroxylation sites is 1. The number of aromatic carboxylic acids is 1. The molecule has 0 spiro atoms. The summed E-state index contributed by atoms with van der Waals surface area (Å²) in [5.74, 6) is -0.940. The first kappa shape index (κ1) is 15.0. The number of hydrogen-bond acceptors (Lipinski definition) is 4. The van der Waals surface area contributed by atoms with Gasteiger partial charge in [-0.3, -0.25) is 9.59 Å². The molecule has 1 aromatic heterocycles. The molecule has 0 amide bonds. The van der Waals surface area contributed by atoms with Gasteiger partial charge in [-0.05, 0) is 24.1 Å². The Bertz CT molecular complexity index is 852. The molecule has 0 fully saturated rings. The van der Waals surface area contributed by atoms with Crippen molar-refractivity contribution in [2.24, 2.45) is 0 Å². The largest absolute Gasteiger partial charge is 0.496 e. The molecule has 23 heavy (non-hydrogen) atoms. The lowest BCUT2D eigenvalue weighted by Crippen LogP contribution is -2.27. The molecular weight excluding hydrogens is 298 g/mol. The number of carbonyl (C=O) groups is 2. The second-order valence-corrected chi connectivity index (χ2v) is 5.48. The fraction of sp³-hybridized carbons (Fsp3) is 0.235. The summed E-state index contributed by atoms with van der Waals surface area (Å²) in [5.41, 5.74) is 0.565. The fourth-order valence-corrected chi connectivity index (χ4v) is 3.01. The summed E-state index contributed by atoms with van der Waals surface area (Å²) in [6.07, 6.45) is 0.703. The van der Waals surface area contributed by atoms with E-state index in [2.05, 4.69) is 4.98 Å². The quantitative estimate of drug-likeness (QED) is 0.903. The molecule has 0 unspecified atom stereocenters. The van der Waals surface area contributed by atoms with Crippen molar-refractivity contribution in [2.45, 2.75) is 18.8 Å². The van der Waals surface area contributed by atoms with E-state index in [1.165, 1.54) is 6.07 Å². The fourth-order valence-electron chi connectivity index (χ4n) is 3.01. The molecule has 0 radical (unpaired) electrons. The number of H-pyrrole nitrogens is 1. The third-order valence-corrected chi connectivity index (χ3v) is 4.11. The first-order chi connectivity index (χ1) is 11.0. The Hall–Kier alpha value is -2.89. The maximum Gasteiger partial charge on any atom is 0.341 e. The number of hydrogen-bond donors (Lipinski definition) is 2. The summed E-state index contributed by atoms with van der Waals surface area (Å²) < 4.78 is 5.34. The van der Waals surface area contributed by atoms with Crippen molar-refractivity contribution in [3.63, 3.8) is 0 Å². The molecule has 1 aromatic carbocycles. The molecule has 1 aliphatic carbocycles. The van der Waals surface area contributed by atoms with Crippen molar-refractivity contribution >= 4 is 11.8 Å². The van der Waals surface area contributed by atoms with Crippen molar-refractivity contribution in [2.75, 3.05) is 7.11 Å². The van der Waals surface area contributed by atoms with E-state index in [1.54, 1.807) is 7.11 Å². The van der Waals surface area contributed by atoms with Gasteiger partial charge in [-0.25, -0.2) is 4.79 Å². The first-order valence-corrected chi connectivity index (χ1v) is 7.17. The van der Waals surface area contributed by atoms with Gasteiger partial charge in [0.2, 0.25) is 0 Å². The molecule has 0 aliphatic heterocycles. The summed E-state index contributed by atoms with van der Waals surface area (Å²) >= 11 is 0. The molecule has 1 aliphatic rings. The number of fused-ring (bicyclic) bond motifs is 1. The van der Waals surface area contributed by atoms with Crippen molar-refractivity contribution in [1.82, 2.24) is 4.98 Å². The van der Waals surface area contributed by atoms with Crippen LogP contribution in [0.15, 0.2) is 35.1 Å². The third kappa shape index (κ3) is 2.63. The highest BCUT2D eigenvalue weighted by atomic mass is 16.5. The standard InChI is InChI=1S/C17H15NO5/c1-23-15-5-3-2-4-10(15)9-6-13-11(14(19)7-9)8-12(17(21)22)16(20)18-13/h2-5,8-9H,6-7H2,1H3,(H,18,20)(H,21,22)/t9-/m0/s1. The van der Waals surface area contributed by atoms with E-state index in [0.717, 1.165) is 5.56 Å². The van der Waals surface area contributed by atoms with Crippen LogP contribution >= 0.6 is 0 Å². The van der Waals surface area contributed by atoms with Crippen LogP contribution in [0.4, 0.5) is 0 Å². The number of ether oxygens (including phenoxy) is 1. The molecule has 2 N–H and O–H groups in total. The van der Waals surface area contributed by atoms with Crippen LogP contribution in [0.25, 0.3) is 0 Å². The monoisotopic (exact) mass is 313 g/mol. The number of aromatic amines is 1. The lowest BCUT2D eigenvalue weighted by atomic mass is 9.81. The number of pyridine rings is 1. The Kier molecular flexibility index (Phi) is 3.73. The highest BCUT2D eigenvalue weighted by Crippen LogP contribution is 2.36. The van der Waals surface area contributed by atoms with Crippen LogP contribution in [0.1, 0.15) is 44.3 Å². The molecule has 0 saturated heterocycles. The van der Waals surface area contributed by atoms with E-state index < -0.39 is 17.1 Å². The number of Topliss-reactive ketones (excluding diaryl/α,β-unsaturated/α-hetero) is 1. The van der Waals surface area contributed by atoms with E-state index in [-0.39, 0.29) is 23.7 Å². The van der Waals surface area contributed by atoms with Crippen molar-refractivity contribution in [3.8, 4) is 5.75 Å². The van der Waals surface area contributed by atoms with Gasteiger partial charge in [0.1, 0.15) is 11.3 Å². The SMILES string of the molecule is COc1ccccc1[C@@H]1CC(=O)c2cc(C(=O)O)c(=O)[nH]c2C1. The number of benzene rings is 1. The van der Waals surface area contributed by atoms with Crippen LogP contribution < -0.4 is 10.3 Å². The molecule has 1 heterocycles. The maximum atomic E-state index is 12.4. The topological polar surface area (TPSA) is 96.5 Å². The molecule has 6 nitrogen and oxygen atoms in total. The third-order valence-electron chi connectivity index (χ3n) is 4.11. The number of carboxylic acids is 1. The predicted octanol–water partition coefficient (Wildman–Crippen LogP) is 1.99. The van der Waals surface area contributed by atoms with Crippen molar-refractivity contribution in [3.05, 3.63) is 63.1 Å². The molecule has 118 valence electrons. The molecule has 0 bridgehead atoms. The van der Waals surface area contributed by atoms with Crippen LogP contribution in [-0.4, -0.2) is 29.0 Å². The van der Waals surface area contributed by atoms with Crippen LogP contribution in [0.2, 0.25) is 0 Å². The van der Waals surface area contributed by atoms with Gasteiger partial charge in [-0.1, -0.05) is 18.2 Å². The van der Waals surface area contributed by atoms with Gasteiger partial charge in [0.05, 0.1) is 7.11 Å². The van der Waals surface area contributed by atoms with E-state index in [0.29, 0.717) is 17.9 Å². The van der Waals surface area contributed by atoms with Gasteiger partial charge < -0.3 is 14.8 Å². The minimum absolute atomic E-state index is 0.113. The van der Waals surface area contributed by atoms with Gasteiger partial charge >= 0.3 is 5.97 Å². The number of nitrogens with one attached hydrogen (secondary N) is 1. The highest BCUT2D eigenvalue weighted by Gasteiger charge is 2.30. The number of methoxy groups -OCH3 is 1. The van der Waals surface area contributed by atoms with Crippen LogP contribution in [0.3, 0.4) is 0 Å². The summed E-state index contributed by atoms with van der Waals surface area (Å²) in [5, 5.41) is 9.00. The number of carboxylic acid groups (broad SMARTS) is 1. The van der Waals surface area contributed by atoms with Crippen LogP contribution in [-0.2, 0) is 6.42 Å². The van der Waals surface area contributed by atoms with Gasteiger partial charge in [0.25, 0.3) is 5.56 Å². The van der Waals surface area contributed by atoms with Crippen molar-refractivity contribution < 1.29 is 19.4 Å². The lowest BCUT2D eigenvalue weighted by molar-refractivity contribution is 0.0695. The molecular formula is C17H15NO5. The summed E-state index contributed by atoms with van der Waals surface area (Å²) in [6.45, 7) is 0. The Balaban J connectivity index is 2.04. The number of ketones is 1. The summed E-state index contributed by atoms with van der Waals surface area (Å²) in [4.78, 5) is 37.8. The van der Waals surface area contributed by atoms with Crippen LogP contribution in [0, 0.1) is 0 Å². The lowest BCUT2D eigenvalue weighted by Gasteiger charge is -2.25. The zero-order valence-electron chi connectivity index (χ0n) is 12.5. The number of aromatic nitrogens is 1. The summed E-state index contributed by atoms with van der Waals surface area (Å²) in [6, 6.07) is 8.62. The second kappa shape index (κ2) is 5.72. The average Bonchev–Trinajstić information content (AvgIpc) is 2.53. The number of rotatable bonds is 3. The normalized spacial score (nSPS) is 16.7. The molecule has 1 atom stereocenters. The smallest absolute Gasteiger partial charge is 0.341 e. The van der Waals surface area contributed by atoms with E-state index in [1.807, 2.05) is 24.3 Å². The number of carbonyl (C=O) groups excluding carboxylic acids is 1. The molecule has 0 saturated carbocycles. The summed E-state index contributed by atoms with van der Waals surface area (Å²) in [7, 11) is 1.57. The Labute approximate surface area is 131 Å². The molecule has 2 aromatic rings. The van der Waals surface area contributed by atoms with Gasteiger partial charge in [0, 0.05) is 23.6 Å². The molecule has 3 rings (SSSR count). The zero-order chi connectivity index (χ0) is 16.6. The highest BCUT2D eigenvalue weighted by molar-refractivity contribution is 6.00. The zero-order valence-corrected chi connectivity index (χ0v) is 12.5. The minimum Gasteiger partial charge on any atom is -0.496 e. The van der Waals surface area contributed by atoms with Crippen LogP contribution in [0.5, 0.6) is 5.75 Å². The van der Waals surface area contributed by atoms with E-state index >= 15 is 0 Å². The first-order valence-electron chi connectivity index (χ1n) is 7.17. The Morgan fingerprint density at radius 3 is 2.70 bits per heavy atom. The molecule has 6 heteroatoms. The van der Waals surface area contributed by atoms with Gasteiger partial charge in [-0.15, -0.1) is 0 Å². The van der Waals surface area contributed by atoms with E-state index in [4.69, 9.17) is 9.84 Å². The Morgan fingerprint density at radius 1 is 1.26 bits per heavy atom. The van der Waals surface area contributed by atoms with Gasteiger partial charge in [-0.2, -0.15) is 0 Å². The Morgan fingerprint density at radius 2 is 2.00 bits per heavy atom. The average molecular weight is 313 g/mol. The second-order valence-electron chi connectivity index (χ2n) is 5.48. The minimum atomic E-state index is -1.34.